The number of fused-ring (bicyclic) bond motifs is 1. The molecule has 2 unspecified atom stereocenters. The predicted molar refractivity (Wildman–Crippen MR) is 114 cm³/mol. The lowest BCUT2D eigenvalue weighted by atomic mass is 9.95. The molecule has 31 heavy (non-hydrogen) atoms. The van der Waals surface area contributed by atoms with Crippen molar-refractivity contribution >= 4 is 5.91 Å². The maximum absolute atomic E-state index is 13.4. The molecule has 2 aromatic rings. The summed E-state index contributed by atoms with van der Waals surface area (Å²) in [6, 6.07) is 9.61. The van der Waals surface area contributed by atoms with E-state index in [0.29, 0.717) is 43.6 Å². The lowest BCUT2D eigenvalue weighted by Crippen LogP contribution is -2.38. The smallest absolute Gasteiger partial charge is 0.348 e. The molecule has 0 fully saturated rings. The van der Waals surface area contributed by atoms with Crippen molar-refractivity contribution in [3.63, 3.8) is 0 Å². The van der Waals surface area contributed by atoms with Crippen LogP contribution in [0.25, 0.3) is 0 Å². The minimum atomic E-state index is -4.44. The van der Waals surface area contributed by atoms with Crippen LogP contribution in [0.1, 0.15) is 54.7 Å². The number of benzene rings is 1. The number of nitrogens with one attached hydrogen (secondary N) is 1. The van der Waals surface area contributed by atoms with Gasteiger partial charge < -0.3 is 10.2 Å². The highest BCUT2D eigenvalue weighted by molar-refractivity contribution is 5.78. The maximum Gasteiger partial charge on any atom is 0.435 e. The Balaban J connectivity index is 1.67. The highest BCUT2D eigenvalue weighted by Gasteiger charge is 2.39. The molecule has 8 heteroatoms. The molecule has 0 spiro atoms. The van der Waals surface area contributed by atoms with E-state index in [2.05, 4.69) is 10.4 Å². The Morgan fingerprint density at radius 3 is 2.52 bits per heavy atom. The van der Waals surface area contributed by atoms with Crippen molar-refractivity contribution in [2.24, 2.45) is 5.92 Å². The second-order valence-corrected chi connectivity index (χ2v) is 8.63. The lowest BCUT2D eigenvalue weighted by molar-refractivity contribution is -0.142. The summed E-state index contributed by atoms with van der Waals surface area (Å²) in [6.45, 7) is 2.77. The monoisotopic (exact) mass is 436 g/mol. The molecule has 0 aliphatic heterocycles. The number of hydrogen-bond donors (Lipinski definition) is 1. The fourth-order valence-electron chi connectivity index (χ4n) is 4.13. The first-order valence-electron chi connectivity index (χ1n) is 10.8. The van der Waals surface area contributed by atoms with E-state index in [0.717, 1.165) is 18.4 Å². The van der Waals surface area contributed by atoms with Gasteiger partial charge in [-0.25, -0.2) is 0 Å². The zero-order valence-electron chi connectivity index (χ0n) is 18.4. The second-order valence-electron chi connectivity index (χ2n) is 8.63. The number of alkyl halides is 3. The highest BCUT2D eigenvalue weighted by atomic mass is 19.4. The molecule has 0 bridgehead atoms. The molecule has 1 aliphatic rings. The molecule has 1 N–H and O–H groups in total. The molecule has 0 radical (unpaired) electrons. The summed E-state index contributed by atoms with van der Waals surface area (Å²) in [4.78, 5) is 14.9. The van der Waals surface area contributed by atoms with Crippen LogP contribution in [0.2, 0.25) is 0 Å². The molecule has 170 valence electrons. The maximum atomic E-state index is 13.4. The molecular formula is C23H31F3N4O. The van der Waals surface area contributed by atoms with Crippen molar-refractivity contribution in [3.05, 3.63) is 52.8 Å². The van der Waals surface area contributed by atoms with Crippen LogP contribution in [0.3, 0.4) is 0 Å². The van der Waals surface area contributed by atoms with Crippen molar-refractivity contribution in [1.82, 2.24) is 20.0 Å². The molecule has 1 amide bonds. The summed E-state index contributed by atoms with van der Waals surface area (Å²) in [7, 11) is 3.90. The van der Waals surface area contributed by atoms with E-state index >= 15 is 0 Å². The fraction of sp³-hybridized carbons (Fsp3) is 0.565. The summed E-state index contributed by atoms with van der Waals surface area (Å²) >= 11 is 0. The third-order valence-corrected chi connectivity index (χ3v) is 5.81. The summed E-state index contributed by atoms with van der Waals surface area (Å²) in [5, 5.41) is 7.00. The van der Waals surface area contributed by atoms with Gasteiger partial charge in [-0.15, -0.1) is 0 Å². The van der Waals surface area contributed by atoms with Crippen molar-refractivity contribution < 1.29 is 18.0 Å². The number of halogens is 3. The lowest BCUT2D eigenvalue weighted by Gasteiger charge is -2.24. The highest BCUT2D eigenvalue weighted by Crippen LogP contribution is 2.36. The van der Waals surface area contributed by atoms with Crippen molar-refractivity contribution in [2.45, 2.75) is 57.8 Å². The zero-order valence-corrected chi connectivity index (χ0v) is 18.4. The number of carbonyl (C=O) groups is 1. The van der Waals surface area contributed by atoms with E-state index in [1.807, 2.05) is 56.3 Å². The van der Waals surface area contributed by atoms with Crippen LogP contribution >= 0.6 is 0 Å². The van der Waals surface area contributed by atoms with Gasteiger partial charge in [0.15, 0.2) is 5.69 Å². The molecular weight excluding hydrogens is 405 g/mol. The van der Waals surface area contributed by atoms with E-state index in [4.69, 9.17) is 0 Å². The first-order chi connectivity index (χ1) is 14.7. The standard InChI is InChI=1S/C23H31F3N4O/c1-16(22(31)27-19(15-29(2)3)17-9-5-4-6-10-17)13-14-30-20-12-8-7-11-18(20)21(28-30)23(24,25)26/h4-6,9-10,16,19H,7-8,11-15H2,1-3H3,(H,27,31). The Morgan fingerprint density at radius 2 is 1.87 bits per heavy atom. The summed E-state index contributed by atoms with van der Waals surface area (Å²) in [5.41, 5.74) is 1.29. The van der Waals surface area contributed by atoms with E-state index < -0.39 is 11.9 Å². The van der Waals surface area contributed by atoms with Gasteiger partial charge in [-0.05, 0) is 51.8 Å². The summed E-state index contributed by atoms with van der Waals surface area (Å²) < 4.78 is 41.6. The van der Waals surface area contributed by atoms with Gasteiger partial charge in [0.2, 0.25) is 5.91 Å². The number of rotatable bonds is 8. The van der Waals surface area contributed by atoms with Crippen molar-refractivity contribution in [2.75, 3.05) is 20.6 Å². The first kappa shape index (κ1) is 23.3. The number of hydrogen-bond acceptors (Lipinski definition) is 3. The average Bonchev–Trinajstić information content (AvgIpc) is 3.11. The summed E-state index contributed by atoms with van der Waals surface area (Å²) in [6.07, 6.45) is -1.35. The SMILES string of the molecule is CC(CCn1nc(C(F)(F)F)c2c1CCCC2)C(=O)NC(CN(C)C)c1ccccc1. The Hall–Kier alpha value is -2.35. The minimum Gasteiger partial charge on any atom is -0.348 e. The van der Waals surface area contributed by atoms with Gasteiger partial charge in [0, 0.05) is 30.3 Å². The zero-order chi connectivity index (χ0) is 22.6. The van der Waals surface area contributed by atoms with E-state index in [9.17, 15) is 18.0 Å². The van der Waals surface area contributed by atoms with E-state index in [1.165, 1.54) is 4.68 Å². The van der Waals surface area contributed by atoms with Gasteiger partial charge in [0.05, 0.1) is 6.04 Å². The molecule has 0 saturated heterocycles. The van der Waals surface area contributed by atoms with Crippen LogP contribution in [0.5, 0.6) is 0 Å². The number of amides is 1. The number of likely N-dealkylation sites (N-methyl/N-ethyl adjacent to an activating group) is 1. The number of carbonyl (C=O) groups excluding carboxylic acids is 1. The number of nitrogens with zero attached hydrogens (tertiary/aromatic N) is 3. The topological polar surface area (TPSA) is 50.2 Å². The molecule has 1 aromatic carbocycles. The van der Waals surface area contributed by atoms with Gasteiger partial charge in [-0.1, -0.05) is 37.3 Å². The van der Waals surface area contributed by atoms with E-state index in [-0.39, 0.29) is 17.9 Å². The van der Waals surface area contributed by atoms with Crippen molar-refractivity contribution in [1.29, 1.82) is 0 Å². The van der Waals surface area contributed by atoms with Gasteiger partial charge in [-0.2, -0.15) is 18.3 Å². The molecule has 1 aromatic heterocycles. The van der Waals surface area contributed by atoms with Gasteiger partial charge in [-0.3, -0.25) is 9.48 Å². The molecule has 5 nitrogen and oxygen atoms in total. The normalized spacial score (nSPS) is 16.1. The largest absolute Gasteiger partial charge is 0.435 e. The van der Waals surface area contributed by atoms with Crippen LogP contribution in [0.4, 0.5) is 13.2 Å². The Kier molecular flexibility index (Phi) is 7.41. The Bertz CT molecular complexity index is 877. The quantitative estimate of drug-likeness (QED) is 0.674. The van der Waals surface area contributed by atoms with Gasteiger partial charge in [0.1, 0.15) is 0 Å². The first-order valence-corrected chi connectivity index (χ1v) is 10.8. The predicted octanol–water partition coefficient (Wildman–Crippen LogP) is 4.23. The molecule has 1 aliphatic carbocycles. The van der Waals surface area contributed by atoms with Crippen LogP contribution in [-0.2, 0) is 30.4 Å². The van der Waals surface area contributed by atoms with Crippen LogP contribution in [-0.4, -0.2) is 41.2 Å². The number of aromatic nitrogens is 2. The molecule has 0 saturated carbocycles. The van der Waals surface area contributed by atoms with Crippen LogP contribution in [0, 0.1) is 5.92 Å². The Labute approximate surface area is 181 Å². The summed E-state index contributed by atoms with van der Waals surface area (Å²) in [5.74, 6) is -0.445. The average molecular weight is 437 g/mol. The van der Waals surface area contributed by atoms with Crippen molar-refractivity contribution in [3.8, 4) is 0 Å². The molecule has 2 atom stereocenters. The third-order valence-electron chi connectivity index (χ3n) is 5.81. The fourth-order valence-corrected chi connectivity index (χ4v) is 4.13. The molecule has 3 rings (SSSR count). The minimum absolute atomic E-state index is 0.104. The third kappa shape index (κ3) is 5.87. The van der Waals surface area contributed by atoms with E-state index in [1.54, 1.807) is 0 Å². The number of aryl methyl sites for hydroxylation is 1. The van der Waals surface area contributed by atoms with Crippen LogP contribution in [0.15, 0.2) is 30.3 Å². The second kappa shape index (κ2) is 9.85. The Morgan fingerprint density at radius 1 is 1.19 bits per heavy atom. The molecule has 1 heterocycles. The van der Waals surface area contributed by atoms with Gasteiger partial charge in [0.25, 0.3) is 0 Å². The van der Waals surface area contributed by atoms with Crippen LogP contribution < -0.4 is 5.32 Å². The van der Waals surface area contributed by atoms with Gasteiger partial charge >= 0.3 is 6.18 Å².